The smallest absolute Gasteiger partial charge is 0.343 e. The van der Waals surface area contributed by atoms with Crippen LogP contribution in [0.15, 0.2) is 53.0 Å². The number of fused-ring (bicyclic) bond motifs is 5. The van der Waals surface area contributed by atoms with E-state index in [4.69, 9.17) is 4.74 Å². The average Bonchev–Trinajstić information content (AvgIpc) is 3.38. The molecule has 5 nitrogen and oxygen atoms in total. The lowest BCUT2D eigenvalue weighted by atomic mass is 9.81. The van der Waals surface area contributed by atoms with E-state index in [0.717, 1.165) is 23.7 Å². The van der Waals surface area contributed by atoms with Crippen molar-refractivity contribution in [1.29, 1.82) is 0 Å². The first-order valence-corrected chi connectivity index (χ1v) is 10.3. The Morgan fingerprint density at radius 1 is 0.893 bits per heavy atom. The van der Waals surface area contributed by atoms with Crippen molar-refractivity contribution in [3.63, 3.8) is 0 Å². The summed E-state index contributed by atoms with van der Waals surface area (Å²) in [5.74, 6) is 0.239. The minimum atomic E-state index is -0.483. The van der Waals surface area contributed by atoms with Gasteiger partial charge in [0.2, 0.25) is 11.8 Å². The minimum absolute atomic E-state index is 0.0765. The largest absolute Gasteiger partial charge is 0.423 e. The summed E-state index contributed by atoms with van der Waals surface area (Å²) in [6.45, 7) is 0. The number of rotatable bonds is 3. The third kappa shape index (κ3) is 2.70. The van der Waals surface area contributed by atoms with Gasteiger partial charge in [0.05, 0.1) is 23.1 Å². The number of carbonyl (C=O) groups is 3. The van der Waals surface area contributed by atoms with Crippen LogP contribution in [-0.2, 0) is 9.59 Å². The molecule has 2 amide bonds. The predicted octanol–water partition coefficient (Wildman–Crippen LogP) is 4.20. The highest BCUT2D eigenvalue weighted by Gasteiger charge is 2.61. The van der Waals surface area contributed by atoms with Crippen molar-refractivity contribution in [1.82, 2.24) is 0 Å². The third-order valence-electron chi connectivity index (χ3n) is 6.31. The Hall–Kier alpha value is -2.47. The van der Waals surface area contributed by atoms with E-state index < -0.39 is 5.97 Å². The van der Waals surface area contributed by atoms with Crippen LogP contribution < -0.4 is 9.64 Å². The van der Waals surface area contributed by atoms with E-state index in [1.807, 2.05) is 0 Å². The summed E-state index contributed by atoms with van der Waals surface area (Å²) >= 11 is 3.34. The molecular weight excluding hydrogens is 422 g/mol. The van der Waals surface area contributed by atoms with E-state index in [2.05, 4.69) is 15.9 Å². The lowest BCUT2D eigenvalue weighted by Gasteiger charge is -2.19. The number of imide groups is 1. The zero-order chi connectivity index (χ0) is 19.4. The Morgan fingerprint density at radius 3 is 2.04 bits per heavy atom. The van der Waals surface area contributed by atoms with Gasteiger partial charge in [-0.3, -0.25) is 14.5 Å². The van der Waals surface area contributed by atoms with Crippen molar-refractivity contribution in [3.05, 3.63) is 58.6 Å². The highest BCUT2D eigenvalue weighted by Crippen LogP contribution is 2.56. The summed E-state index contributed by atoms with van der Waals surface area (Å²) < 4.78 is 6.25. The first-order valence-electron chi connectivity index (χ1n) is 9.48. The summed E-state index contributed by atoms with van der Waals surface area (Å²) in [7, 11) is 0. The van der Waals surface area contributed by atoms with E-state index >= 15 is 0 Å². The SMILES string of the molecule is O=C(Oc1ccc(Br)cc1)c1ccc(N2C(=O)[C@H]3[C@H]4CC[C@@H](C4)[C@@H]3C2=O)cc1. The second kappa shape index (κ2) is 6.55. The van der Waals surface area contributed by atoms with Crippen molar-refractivity contribution < 1.29 is 19.1 Å². The molecule has 28 heavy (non-hydrogen) atoms. The molecule has 4 atom stereocenters. The second-order valence-corrected chi connectivity index (χ2v) is 8.70. The number of hydrogen-bond donors (Lipinski definition) is 0. The maximum atomic E-state index is 12.9. The summed E-state index contributed by atoms with van der Waals surface area (Å²) in [6.07, 6.45) is 3.13. The maximum absolute atomic E-state index is 12.9. The number of benzene rings is 2. The van der Waals surface area contributed by atoms with Gasteiger partial charge in [0.15, 0.2) is 0 Å². The summed E-state index contributed by atoms with van der Waals surface area (Å²) in [4.78, 5) is 39.4. The molecule has 1 aliphatic heterocycles. The predicted molar refractivity (Wildman–Crippen MR) is 106 cm³/mol. The van der Waals surface area contributed by atoms with Crippen molar-refractivity contribution in [3.8, 4) is 5.75 Å². The van der Waals surface area contributed by atoms with Crippen LogP contribution in [0.25, 0.3) is 0 Å². The molecule has 2 aromatic carbocycles. The minimum Gasteiger partial charge on any atom is -0.423 e. The normalized spacial score (nSPS) is 28.0. The molecule has 1 saturated heterocycles. The van der Waals surface area contributed by atoms with Crippen LogP contribution in [-0.4, -0.2) is 17.8 Å². The molecule has 5 rings (SSSR count). The molecule has 6 heteroatoms. The van der Waals surface area contributed by atoms with Gasteiger partial charge in [-0.05, 0) is 79.6 Å². The average molecular weight is 440 g/mol. The Bertz CT molecular complexity index is 941. The van der Waals surface area contributed by atoms with Crippen molar-refractivity contribution in [2.45, 2.75) is 19.3 Å². The topological polar surface area (TPSA) is 63.7 Å². The van der Waals surface area contributed by atoms with E-state index in [9.17, 15) is 14.4 Å². The number of anilines is 1. The number of ether oxygens (including phenoxy) is 1. The lowest BCUT2D eigenvalue weighted by molar-refractivity contribution is -0.123. The molecular formula is C22H18BrNO4. The first kappa shape index (κ1) is 17.6. The van der Waals surface area contributed by atoms with Crippen LogP contribution in [0.4, 0.5) is 5.69 Å². The van der Waals surface area contributed by atoms with Crippen LogP contribution in [0, 0.1) is 23.7 Å². The maximum Gasteiger partial charge on any atom is 0.343 e. The molecule has 0 aromatic heterocycles. The van der Waals surface area contributed by atoms with Gasteiger partial charge in [-0.1, -0.05) is 15.9 Å². The van der Waals surface area contributed by atoms with Crippen LogP contribution in [0.2, 0.25) is 0 Å². The second-order valence-electron chi connectivity index (χ2n) is 7.79. The number of halogens is 1. The number of carbonyl (C=O) groups excluding carboxylic acids is 3. The lowest BCUT2D eigenvalue weighted by Crippen LogP contribution is -2.32. The fourth-order valence-electron chi connectivity index (χ4n) is 5.08. The van der Waals surface area contributed by atoms with Gasteiger partial charge in [-0.2, -0.15) is 0 Å². The molecule has 2 aliphatic carbocycles. The zero-order valence-corrected chi connectivity index (χ0v) is 16.6. The number of esters is 1. The molecule has 0 unspecified atom stereocenters. The summed E-state index contributed by atoms with van der Waals surface area (Å²) in [5.41, 5.74) is 0.898. The highest BCUT2D eigenvalue weighted by molar-refractivity contribution is 9.10. The van der Waals surface area contributed by atoms with Gasteiger partial charge in [0.25, 0.3) is 0 Å². The molecule has 0 spiro atoms. The number of amides is 2. The Labute approximate surface area is 170 Å². The molecule has 2 saturated carbocycles. The molecule has 0 radical (unpaired) electrons. The van der Waals surface area contributed by atoms with E-state index in [-0.39, 0.29) is 23.7 Å². The van der Waals surface area contributed by atoms with Crippen molar-refractivity contribution in [2.24, 2.45) is 23.7 Å². The van der Waals surface area contributed by atoms with Crippen LogP contribution in [0.1, 0.15) is 29.6 Å². The van der Waals surface area contributed by atoms with Crippen molar-refractivity contribution in [2.75, 3.05) is 4.90 Å². The van der Waals surface area contributed by atoms with Crippen LogP contribution >= 0.6 is 15.9 Å². The van der Waals surface area contributed by atoms with Crippen LogP contribution in [0.5, 0.6) is 5.75 Å². The fraction of sp³-hybridized carbons (Fsp3) is 0.318. The standard InChI is InChI=1S/C22H18BrNO4/c23-15-5-9-17(10-6-15)28-22(27)12-3-7-16(8-4-12)24-20(25)18-13-1-2-14(11-13)19(18)21(24)26/h3-10,13-14,18-19H,1-2,11H2/t13-,14-,18-,19-/m0/s1. The van der Waals surface area contributed by atoms with Crippen LogP contribution in [0.3, 0.4) is 0 Å². The van der Waals surface area contributed by atoms with E-state index in [0.29, 0.717) is 28.8 Å². The monoisotopic (exact) mass is 439 g/mol. The Morgan fingerprint density at radius 2 is 1.46 bits per heavy atom. The quantitative estimate of drug-likeness (QED) is 0.408. The van der Waals surface area contributed by atoms with Crippen molar-refractivity contribution >= 4 is 39.4 Å². The first-order chi connectivity index (χ1) is 13.5. The van der Waals surface area contributed by atoms with Gasteiger partial charge in [0.1, 0.15) is 5.75 Å². The highest BCUT2D eigenvalue weighted by atomic mass is 79.9. The van der Waals surface area contributed by atoms with Gasteiger partial charge in [0, 0.05) is 4.47 Å². The third-order valence-corrected chi connectivity index (χ3v) is 6.84. The molecule has 0 N–H and O–H groups in total. The van der Waals surface area contributed by atoms with E-state index in [1.54, 1.807) is 48.5 Å². The molecule has 2 bridgehead atoms. The Kier molecular flexibility index (Phi) is 4.12. The fourth-order valence-corrected chi connectivity index (χ4v) is 5.34. The van der Waals surface area contributed by atoms with Gasteiger partial charge >= 0.3 is 5.97 Å². The molecule has 142 valence electrons. The number of hydrogen-bond acceptors (Lipinski definition) is 4. The number of nitrogens with zero attached hydrogens (tertiary/aromatic N) is 1. The van der Waals surface area contributed by atoms with Gasteiger partial charge < -0.3 is 4.74 Å². The molecule has 2 aromatic rings. The summed E-state index contributed by atoms with van der Waals surface area (Å²) in [5, 5.41) is 0. The zero-order valence-electron chi connectivity index (χ0n) is 15.0. The van der Waals surface area contributed by atoms with E-state index in [1.165, 1.54) is 4.90 Å². The molecule has 3 aliphatic rings. The molecule has 3 fully saturated rings. The van der Waals surface area contributed by atoms with Gasteiger partial charge in [-0.25, -0.2) is 4.79 Å². The Balaban J connectivity index is 1.34. The molecule has 1 heterocycles. The van der Waals surface area contributed by atoms with Gasteiger partial charge in [-0.15, -0.1) is 0 Å². The summed E-state index contributed by atoms with van der Waals surface area (Å²) in [6, 6.07) is 13.5.